The number of halogens is 1. The number of hydrogen-bond acceptors (Lipinski definition) is 3. The van der Waals surface area contributed by atoms with Gasteiger partial charge in [-0.15, -0.1) is 0 Å². The van der Waals surface area contributed by atoms with Crippen molar-refractivity contribution in [1.29, 1.82) is 0 Å². The van der Waals surface area contributed by atoms with Crippen LogP contribution in [0.3, 0.4) is 0 Å². The molecule has 4 aromatic rings. The first kappa shape index (κ1) is 19.0. The Hall–Kier alpha value is -3.32. The van der Waals surface area contributed by atoms with Crippen molar-refractivity contribution in [2.75, 3.05) is 0 Å². The molecule has 2 aromatic heterocycles. The summed E-state index contributed by atoms with van der Waals surface area (Å²) in [5.41, 5.74) is 4.24. The monoisotopic (exact) mass is 450 g/mol. The van der Waals surface area contributed by atoms with Gasteiger partial charge in [0.1, 0.15) is 6.20 Å². The number of rotatable bonds is 5. The number of aryl methyl sites for hydroxylation is 1. The van der Waals surface area contributed by atoms with E-state index in [0.717, 1.165) is 26.9 Å². The molecule has 0 N–H and O–H groups in total. The van der Waals surface area contributed by atoms with E-state index in [-0.39, 0.29) is 18.0 Å². The molecular formula is C22H17BrN3O3+. The zero-order valence-corrected chi connectivity index (χ0v) is 17.2. The van der Waals surface area contributed by atoms with Crippen LogP contribution < -0.4 is 4.40 Å². The maximum atomic E-state index is 12.9. The second-order valence-electron chi connectivity index (χ2n) is 6.81. The van der Waals surface area contributed by atoms with Crippen LogP contribution in [0.25, 0.3) is 16.9 Å². The van der Waals surface area contributed by atoms with Gasteiger partial charge in [0.15, 0.2) is 12.2 Å². The van der Waals surface area contributed by atoms with Gasteiger partial charge < -0.3 is 0 Å². The number of imidazole rings is 1. The fourth-order valence-electron chi connectivity index (χ4n) is 3.30. The number of non-ortho nitro benzene ring substituents is 1. The lowest BCUT2D eigenvalue weighted by atomic mass is 10.1. The van der Waals surface area contributed by atoms with Gasteiger partial charge in [0.2, 0.25) is 5.78 Å². The van der Waals surface area contributed by atoms with Gasteiger partial charge in [0.05, 0.1) is 11.1 Å². The first-order valence-electron chi connectivity index (χ1n) is 8.97. The molecule has 0 saturated heterocycles. The Morgan fingerprint density at radius 2 is 1.72 bits per heavy atom. The molecule has 144 valence electrons. The number of ketones is 1. The second-order valence-corrected chi connectivity index (χ2v) is 7.72. The summed E-state index contributed by atoms with van der Waals surface area (Å²) in [6.07, 6.45) is 3.93. The van der Waals surface area contributed by atoms with E-state index < -0.39 is 4.92 Å². The highest BCUT2D eigenvalue weighted by Crippen LogP contribution is 2.24. The largest absolute Gasteiger partial charge is 0.290 e. The third kappa shape index (κ3) is 3.82. The molecule has 0 bridgehead atoms. The SMILES string of the molecule is Cc1ccc2n(CC(=O)c3ccc(Br)cc3)c(-c3ccc([N+](=O)[O-])cc3)c[n+]2c1. The summed E-state index contributed by atoms with van der Waals surface area (Å²) in [5, 5.41) is 11.0. The van der Waals surface area contributed by atoms with Crippen LogP contribution >= 0.6 is 15.9 Å². The Balaban J connectivity index is 1.80. The minimum absolute atomic E-state index is 0.0145. The van der Waals surface area contributed by atoms with E-state index in [9.17, 15) is 14.9 Å². The van der Waals surface area contributed by atoms with E-state index in [4.69, 9.17) is 0 Å². The van der Waals surface area contributed by atoms with E-state index in [1.165, 1.54) is 12.1 Å². The fourth-order valence-corrected chi connectivity index (χ4v) is 3.56. The van der Waals surface area contributed by atoms with Gasteiger partial charge in [-0.3, -0.25) is 14.9 Å². The lowest BCUT2D eigenvalue weighted by Gasteiger charge is -2.04. The maximum Gasteiger partial charge on any atom is 0.287 e. The Kier molecular flexibility index (Phi) is 4.98. The number of fused-ring (bicyclic) bond motifs is 1. The number of carbonyl (C=O) groups is 1. The van der Waals surface area contributed by atoms with Gasteiger partial charge in [-0.05, 0) is 42.8 Å². The first-order valence-corrected chi connectivity index (χ1v) is 9.76. The number of benzene rings is 2. The summed E-state index contributed by atoms with van der Waals surface area (Å²) < 4.78 is 4.82. The number of hydrogen-bond donors (Lipinski definition) is 0. The number of Topliss-reactive ketones (excluding diaryl/α,β-unsaturated/α-hetero) is 1. The molecule has 0 radical (unpaired) electrons. The van der Waals surface area contributed by atoms with Gasteiger partial charge in [0.25, 0.3) is 11.3 Å². The summed E-state index contributed by atoms with van der Waals surface area (Å²) >= 11 is 3.38. The molecule has 2 aromatic carbocycles. The first-order chi connectivity index (χ1) is 13.9. The topological polar surface area (TPSA) is 69.2 Å². The maximum absolute atomic E-state index is 12.9. The number of nitro benzene ring substituents is 1. The molecule has 0 aliphatic rings. The van der Waals surface area contributed by atoms with Crippen molar-refractivity contribution in [2.24, 2.45) is 0 Å². The number of nitrogens with zero attached hydrogens (tertiary/aromatic N) is 3. The summed E-state index contributed by atoms with van der Waals surface area (Å²) in [7, 11) is 0. The van der Waals surface area contributed by atoms with Crippen LogP contribution in [0.1, 0.15) is 15.9 Å². The van der Waals surface area contributed by atoms with E-state index in [2.05, 4.69) is 15.9 Å². The van der Waals surface area contributed by atoms with Crippen LogP contribution in [0.15, 0.2) is 77.5 Å². The highest BCUT2D eigenvalue weighted by atomic mass is 79.9. The molecule has 0 amide bonds. The lowest BCUT2D eigenvalue weighted by Crippen LogP contribution is -2.20. The third-order valence-electron chi connectivity index (χ3n) is 4.77. The van der Waals surface area contributed by atoms with Crippen molar-refractivity contribution in [2.45, 2.75) is 13.5 Å². The second kappa shape index (κ2) is 7.60. The molecule has 0 saturated carbocycles. The molecule has 7 heteroatoms. The molecule has 0 fully saturated rings. The molecule has 0 unspecified atom stereocenters. The van der Waals surface area contributed by atoms with Crippen molar-refractivity contribution in [3.05, 3.63) is 98.8 Å². The number of carbonyl (C=O) groups excluding carboxylic acids is 1. The van der Waals surface area contributed by atoms with Crippen molar-refractivity contribution in [3.63, 3.8) is 0 Å². The van der Waals surface area contributed by atoms with Crippen molar-refractivity contribution >= 4 is 33.0 Å². The molecular weight excluding hydrogens is 434 g/mol. The molecule has 2 heterocycles. The Labute approximate surface area is 175 Å². The van der Waals surface area contributed by atoms with Gasteiger partial charge in [-0.25, -0.2) is 8.97 Å². The van der Waals surface area contributed by atoms with E-state index in [1.54, 1.807) is 24.3 Å². The third-order valence-corrected chi connectivity index (χ3v) is 5.30. The molecule has 0 aliphatic heterocycles. The highest BCUT2D eigenvalue weighted by Gasteiger charge is 2.22. The standard InChI is InChI=1S/C22H17BrN3O3/c1-15-2-11-22-24(12-15)13-20(16-5-9-19(10-6-16)26(28)29)25(22)14-21(27)17-3-7-18(23)8-4-17/h2-13H,14H2,1H3/q+1. The van der Waals surface area contributed by atoms with E-state index in [1.807, 2.05) is 52.6 Å². The van der Waals surface area contributed by atoms with Crippen molar-refractivity contribution in [3.8, 4) is 11.3 Å². The summed E-state index contributed by atoms with van der Waals surface area (Å²) in [4.78, 5) is 23.5. The van der Waals surface area contributed by atoms with Gasteiger partial charge in [0, 0.05) is 33.8 Å². The number of nitro groups is 1. The van der Waals surface area contributed by atoms with Crippen LogP contribution in [0.4, 0.5) is 5.69 Å². The lowest BCUT2D eigenvalue weighted by molar-refractivity contribution is -0.510. The highest BCUT2D eigenvalue weighted by molar-refractivity contribution is 9.10. The van der Waals surface area contributed by atoms with E-state index >= 15 is 0 Å². The van der Waals surface area contributed by atoms with Crippen LogP contribution in [-0.4, -0.2) is 15.3 Å². The minimum atomic E-state index is -0.422. The van der Waals surface area contributed by atoms with Gasteiger partial charge in [-0.1, -0.05) is 28.1 Å². The normalized spacial score (nSPS) is 11.0. The molecule has 29 heavy (non-hydrogen) atoms. The van der Waals surface area contributed by atoms with E-state index in [0.29, 0.717) is 5.56 Å². The average molecular weight is 451 g/mol. The smallest absolute Gasteiger partial charge is 0.287 e. The van der Waals surface area contributed by atoms with Gasteiger partial charge in [-0.2, -0.15) is 0 Å². The molecule has 0 aliphatic carbocycles. The predicted octanol–water partition coefficient (Wildman–Crippen LogP) is 4.76. The minimum Gasteiger partial charge on any atom is -0.290 e. The van der Waals surface area contributed by atoms with Crippen LogP contribution in [-0.2, 0) is 6.54 Å². The van der Waals surface area contributed by atoms with Crippen LogP contribution in [0.5, 0.6) is 0 Å². The predicted molar refractivity (Wildman–Crippen MR) is 113 cm³/mol. The number of pyridine rings is 1. The summed E-state index contributed by atoms with van der Waals surface area (Å²) in [6, 6.07) is 17.6. The van der Waals surface area contributed by atoms with Crippen molar-refractivity contribution < 1.29 is 14.1 Å². The van der Waals surface area contributed by atoms with Crippen LogP contribution in [0.2, 0.25) is 0 Å². The molecule has 6 nitrogen and oxygen atoms in total. The summed E-state index contributed by atoms with van der Waals surface area (Å²) in [5.74, 6) is -0.0145. The Bertz CT molecular complexity index is 1230. The van der Waals surface area contributed by atoms with Crippen molar-refractivity contribution in [1.82, 2.24) is 4.57 Å². The molecule has 0 atom stereocenters. The average Bonchev–Trinajstić information content (AvgIpc) is 3.05. The zero-order chi connectivity index (χ0) is 20.5. The van der Waals surface area contributed by atoms with Crippen LogP contribution in [0, 0.1) is 17.0 Å². The quantitative estimate of drug-likeness (QED) is 0.190. The Morgan fingerprint density at radius 1 is 1.03 bits per heavy atom. The Morgan fingerprint density at radius 3 is 2.38 bits per heavy atom. The molecule has 0 spiro atoms. The number of aromatic nitrogens is 2. The fraction of sp³-hybridized carbons (Fsp3) is 0.0909. The summed E-state index contributed by atoms with van der Waals surface area (Å²) in [6.45, 7) is 2.16. The van der Waals surface area contributed by atoms with Gasteiger partial charge >= 0.3 is 0 Å². The molecule has 4 rings (SSSR count). The zero-order valence-electron chi connectivity index (χ0n) is 15.6.